The van der Waals surface area contributed by atoms with Gasteiger partial charge < -0.3 is 5.41 Å². The molecule has 1 aliphatic carbocycles. The fourth-order valence-electron chi connectivity index (χ4n) is 1.31. The molecule has 1 N–H and O–H groups in total. The predicted octanol–water partition coefficient (Wildman–Crippen LogP) is 1.40. The average molecular weight is 132 g/mol. The van der Waals surface area contributed by atoms with Crippen molar-refractivity contribution in [1.29, 1.82) is 5.41 Å². The normalized spacial score (nSPS) is 15.4. The Morgan fingerprint density at radius 2 is 2.30 bits per heavy atom. The molecule has 1 heterocycles. The third-order valence-electron chi connectivity index (χ3n) is 1.88. The van der Waals surface area contributed by atoms with Gasteiger partial charge in [-0.3, -0.25) is 4.98 Å². The van der Waals surface area contributed by atoms with E-state index >= 15 is 0 Å². The molecule has 0 atom stereocenters. The van der Waals surface area contributed by atoms with E-state index in [9.17, 15) is 0 Å². The molecule has 0 radical (unpaired) electrons. The molecule has 1 aromatic heterocycles. The maximum absolute atomic E-state index is 7.49. The van der Waals surface area contributed by atoms with Crippen molar-refractivity contribution < 1.29 is 0 Å². The summed E-state index contributed by atoms with van der Waals surface area (Å²) in [5.41, 5.74) is 3.06. The molecule has 50 valence electrons. The minimum Gasteiger partial charge on any atom is -0.305 e. The van der Waals surface area contributed by atoms with Crippen molar-refractivity contribution >= 4 is 5.71 Å². The third kappa shape index (κ3) is 0.652. The van der Waals surface area contributed by atoms with Crippen molar-refractivity contribution in [3.63, 3.8) is 0 Å². The number of hydrogen-bond donors (Lipinski definition) is 1. The molecule has 0 aliphatic heterocycles. The molecule has 2 heteroatoms. The SMILES string of the molecule is N=C1CCc2ccncc21. The first kappa shape index (κ1) is 5.59. The number of nitrogens with zero attached hydrogens (tertiary/aromatic N) is 1. The number of aryl methyl sites for hydroxylation is 1. The van der Waals surface area contributed by atoms with Crippen molar-refractivity contribution in [3.8, 4) is 0 Å². The van der Waals surface area contributed by atoms with Gasteiger partial charge in [0.25, 0.3) is 0 Å². The quantitative estimate of drug-likeness (QED) is 0.569. The second-order valence-corrected chi connectivity index (χ2v) is 2.51. The van der Waals surface area contributed by atoms with Crippen molar-refractivity contribution in [2.45, 2.75) is 12.8 Å². The van der Waals surface area contributed by atoms with Crippen LogP contribution in [0.2, 0.25) is 0 Å². The minimum absolute atomic E-state index is 0.739. The Balaban J connectivity index is 2.61. The van der Waals surface area contributed by atoms with Crippen LogP contribution < -0.4 is 0 Å². The average Bonchev–Trinajstić information content (AvgIpc) is 2.34. The zero-order valence-electron chi connectivity index (χ0n) is 5.59. The fraction of sp³-hybridized carbons (Fsp3) is 0.250. The number of rotatable bonds is 0. The van der Waals surface area contributed by atoms with Crippen LogP contribution in [0.15, 0.2) is 18.5 Å². The van der Waals surface area contributed by atoms with Crippen LogP contribution in [0.25, 0.3) is 0 Å². The second kappa shape index (κ2) is 1.90. The summed E-state index contributed by atoms with van der Waals surface area (Å²) in [6, 6.07) is 2.00. The summed E-state index contributed by atoms with van der Waals surface area (Å²) in [4.78, 5) is 3.97. The van der Waals surface area contributed by atoms with Gasteiger partial charge in [0.05, 0.1) is 0 Å². The topological polar surface area (TPSA) is 36.7 Å². The molecule has 0 unspecified atom stereocenters. The Bertz CT molecular complexity index is 278. The Labute approximate surface area is 59.4 Å². The highest BCUT2D eigenvalue weighted by Gasteiger charge is 2.14. The summed E-state index contributed by atoms with van der Waals surface area (Å²) >= 11 is 0. The van der Waals surface area contributed by atoms with E-state index in [4.69, 9.17) is 5.41 Å². The van der Waals surface area contributed by atoms with Crippen molar-refractivity contribution in [2.24, 2.45) is 0 Å². The van der Waals surface area contributed by atoms with Gasteiger partial charge in [0.2, 0.25) is 0 Å². The van der Waals surface area contributed by atoms with E-state index in [1.54, 1.807) is 12.4 Å². The van der Waals surface area contributed by atoms with Crippen LogP contribution in [-0.4, -0.2) is 10.7 Å². The van der Waals surface area contributed by atoms with Crippen LogP contribution in [0, 0.1) is 5.41 Å². The van der Waals surface area contributed by atoms with Crippen molar-refractivity contribution in [2.75, 3.05) is 0 Å². The van der Waals surface area contributed by atoms with Gasteiger partial charge in [-0.05, 0) is 24.5 Å². The van der Waals surface area contributed by atoms with Gasteiger partial charge in [-0.2, -0.15) is 0 Å². The summed E-state index contributed by atoms with van der Waals surface area (Å²) in [5.74, 6) is 0. The Morgan fingerprint density at radius 3 is 3.10 bits per heavy atom. The fourth-order valence-corrected chi connectivity index (χ4v) is 1.31. The molecule has 2 rings (SSSR count). The summed E-state index contributed by atoms with van der Waals surface area (Å²) in [6.45, 7) is 0. The first-order valence-corrected chi connectivity index (χ1v) is 3.38. The molecular formula is C8H8N2. The molecule has 10 heavy (non-hydrogen) atoms. The third-order valence-corrected chi connectivity index (χ3v) is 1.88. The van der Waals surface area contributed by atoms with Gasteiger partial charge in [0.1, 0.15) is 0 Å². The molecule has 2 nitrogen and oxygen atoms in total. The highest BCUT2D eigenvalue weighted by Crippen LogP contribution is 2.19. The van der Waals surface area contributed by atoms with Crippen LogP contribution in [0.4, 0.5) is 0 Å². The molecule has 0 bridgehead atoms. The van der Waals surface area contributed by atoms with Gasteiger partial charge in [-0.15, -0.1) is 0 Å². The number of pyridine rings is 1. The molecule has 0 aromatic carbocycles. The first-order chi connectivity index (χ1) is 4.88. The van der Waals surface area contributed by atoms with E-state index < -0.39 is 0 Å². The number of aromatic nitrogens is 1. The highest BCUT2D eigenvalue weighted by atomic mass is 14.6. The molecule has 0 saturated carbocycles. The van der Waals surface area contributed by atoms with Crippen LogP contribution in [-0.2, 0) is 6.42 Å². The minimum atomic E-state index is 0.739. The van der Waals surface area contributed by atoms with Crippen molar-refractivity contribution in [3.05, 3.63) is 29.6 Å². The largest absolute Gasteiger partial charge is 0.305 e. The molecule has 0 amide bonds. The summed E-state index contributed by atoms with van der Waals surface area (Å²) in [6.07, 6.45) is 5.49. The zero-order chi connectivity index (χ0) is 6.97. The van der Waals surface area contributed by atoms with E-state index in [0.29, 0.717) is 0 Å². The molecular weight excluding hydrogens is 124 g/mol. The smallest absolute Gasteiger partial charge is 0.0407 e. The van der Waals surface area contributed by atoms with Gasteiger partial charge in [-0.1, -0.05) is 0 Å². The second-order valence-electron chi connectivity index (χ2n) is 2.51. The van der Waals surface area contributed by atoms with Gasteiger partial charge >= 0.3 is 0 Å². The lowest BCUT2D eigenvalue weighted by atomic mass is 10.2. The van der Waals surface area contributed by atoms with Crippen LogP contribution >= 0.6 is 0 Å². The maximum Gasteiger partial charge on any atom is 0.0407 e. The van der Waals surface area contributed by atoms with E-state index in [2.05, 4.69) is 4.98 Å². The van der Waals surface area contributed by atoms with Crippen molar-refractivity contribution in [1.82, 2.24) is 4.98 Å². The highest BCUT2D eigenvalue weighted by molar-refractivity contribution is 6.01. The monoisotopic (exact) mass is 132 g/mol. The van der Waals surface area contributed by atoms with E-state index in [-0.39, 0.29) is 0 Å². The van der Waals surface area contributed by atoms with Gasteiger partial charge in [-0.25, -0.2) is 0 Å². The Kier molecular flexibility index (Phi) is 1.07. The summed E-state index contributed by atoms with van der Waals surface area (Å²) in [7, 11) is 0. The number of hydrogen-bond acceptors (Lipinski definition) is 2. The first-order valence-electron chi connectivity index (χ1n) is 3.38. The lowest BCUT2D eigenvalue weighted by Crippen LogP contribution is -1.90. The maximum atomic E-state index is 7.49. The molecule has 0 spiro atoms. The Morgan fingerprint density at radius 1 is 1.40 bits per heavy atom. The van der Waals surface area contributed by atoms with Crippen LogP contribution in [0.1, 0.15) is 17.5 Å². The van der Waals surface area contributed by atoms with E-state index in [0.717, 1.165) is 24.1 Å². The van der Waals surface area contributed by atoms with E-state index in [1.807, 2.05) is 6.07 Å². The summed E-state index contributed by atoms with van der Waals surface area (Å²) in [5, 5.41) is 7.49. The number of fused-ring (bicyclic) bond motifs is 1. The standard InChI is InChI=1S/C8H8N2/c9-8-2-1-6-3-4-10-5-7(6)8/h3-5,9H,1-2H2. The van der Waals surface area contributed by atoms with Gasteiger partial charge in [0.15, 0.2) is 0 Å². The molecule has 0 fully saturated rings. The molecule has 1 aliphatic rings. The zero-order valence-corrected chi connectivity index (χ0v) is 5.59. The molecule has 1 aromatic rings. The van der Waals surface area contributed by atoms with Crippen LogP contribution in [0.5, 0.6) is 0 Å². The number of nitrogens with one attached hydrogen (secondary N) is 1. The van der Waals surface area contributed by atoms with Gasteiger partial charge in [0, 0.05) is 23.7 Å². The predicted molar refractivity (Wildman–Crippen MR) is 39.4 cm³/mol. The lowest BCUT2D eigenvalue weighted by molar-refractivity contribution is 1.08. The van der Waals surface area contributed by atoms with Crippen LogP contribution in [0.3, 0.4) is 0 Å². The Hall–Kier alpha value is -1.18. The molecule has 0 saturated heterocycles. The van der Waals surface area contributed by atoms with E-state index in [1.165, 1.54) is 5.56 Å². The summed E-state index contributed by atoms with van der Waals surface area (Å²) < 4.78 is 0. The lowest BCUT2D eigenvalue weighted by Gasteiger charge is -1.93.